The van der Waals surface area contributed by atoms with E-state index in [1.807, 2.05) is 13.0 Å². The monoisotopic (exact) mass is 367 g/mol. The molecule has 3 atom stereocenters. The Kier molecular flexibility index (Phi) is 3.91. The summed E-state index contributed by atoms with van der Waals surface area (Å²) < 4.78 is 0. The van der Waals surface area contributed by atoms with Crippen molar-refractivity contribution in [1.29, 1.82) is 0 Å². The van der Waals surface area contributed by atoms with Gasteiger partial charge in [-0.3, -0.25) is 4.79 Å². The minimum atomic E-state index is -0.622. The Hall–Kier alpha value is -0.770. The minimum Gasteiger partial charge on any atom is -0.390 e. The second-order valence-corrected chi connectivity index (χ2v) is 9.17. The normalized spacial score (nSPS) is 38.2. The highest BCUT2D eigenvalue weighted by Gasteiger charge is 2.60. The molecule has 0 aliphatic heterocycles. The zero-order chi connectivity index (χ0) is 17.1. The first-order chi connectivity index (χ1) is 11.3. The van der Waals surface area contributed by atoms with Crippen molar-refractivity contribution >= 4 is 29.1 Å². The number of hydrogen-bond donors (Lipinski definition) is 2. The molecule has 0 heterocycles. The van der Waals surface area contributed by atoms with Gasteiger partial charge in [-0.15, -0.1) is 0 Å². The van der Waals surface area contributed by atoms with Gasteiger partial charge >= 0.3 is 0 Å². The smallest absolute Gasteiger partial charge is 0.226 e. The molecule has 0 spiro atoms. The third-order valence-corrected chi connectivity index (χ3v) is 6.85. The molecular formula is C19H23Cl2NO2. The van der Waals surface area contributed by atoms with Gasteiger partial charge in [0, 0.05) is 10.0 Å². The Morgan fingerprint density at radius 2 is 1.92 bits per heavy atom. The van der Waals surface area contributed by atoms with E-state index in [0.717, 1.165) is 31.2 Å². The number of amides is 1. The van der Waals surface area contributed by atoms with Crippen molar-refractivity contribution in [3.8, 4) is 0 Å². The number of aliphatic hydroxyl groups is 1. The van der Waals surface area contributed by atoms with E-state index in [1.165, 1.54) is 6.42 Å². The van der Waals surface area contributed by atoms with Crippen LogP contribution >= 0.6 is 23.2 Å². The van der Waals surface area contributed by atoms with E-state index in [2.05, 4.69) is 5.32 Å². The Bertz CT molecular complexity index is 676. The summed E-state index contributed by atoms with van der Waals surface area (Å²) >= 11 is 12.2. The zero-order valence-electron chi connectivity index (χ0n) is 13.8. The molecule has 2 N–H and O–H groups in total. The Labute approximate surface area is 152 Å². The topological polar surface area (TPSA) is 49.3 Å². The highest BCUT2D eigenvalue weighted by atomic mass is 35.5. The number of rotatable bonds is 3. The lowest BCUT2D eigenvalue weighted by molar-refractivity contribution is -0.178. The molecule has 0 aromatic heterocycles. The van der Waals surface area contributed by atoms with Crippen LogP contribution in [0.2, 0.25) is 10.0 Å². The van der Waals surface area contributed by atoms with Gasteiger partial charge < -0.3 is 10.4 Å². The first-order valence-corrected chi connectivity index (χ1v) is 9.53. The maximum atomic E-state index is 13.1. The number of carbonyl (C=O) groups excluding carboxylic acids is 1. The molecule has 4 bridgehead atoms. The van der Waals surface area contributed by atoms with E-state index in [9.17, 15) is 9.90 Å². The number of benzene rings is 1. The number of halogens is 2. The van der Waals surface area contributed by atoms with Gasteiger partial charge in [-0.1, -0.05) is 29.3 Å². The maximum Gasteiger partial charge on any atom is 0.226 e. The summed E-state index contributed by atoms with van der Waals surface area (Å²) in [4.78, 5) is 13.1. The van der Waals surface area contributed by atoms with E-state index in [1.54, 1.807) is 12.1 Å². The van der Waals surface area contributed by atoms with E-state index in [-0.39, 0.29) is 11.9 Å². The summed E-state index contributed by atoms with van der Waals surface area (Å²) in [5.74, 6) is 1.07. The SMILES string of the molecule is C[C@H](NC(=O)C12C[C@H]3C[C@@H](CC(O)(C3)C1)C2)c1ccc(Cl)cc1Cl. The fourth-order valence-electron chi connectivity index (χ4n) is 5.76. The fourth-order valence-corrected chi connectivity index (χ4v) is 6.33. The van der Waals surface area contributed by atoms with E-state index in [0.29, 0.717) is 28.3 Å². The molecule has 4 aliphatic carbocycles. The Morgan fingerprint density at radius 3 is 2.50 bits per heavy atom. The third kappa shape index (κ3) is 2.75. The number of carbonyl (C=O) groups is 1. The molecule has 4 aliphatic rings. The molecule has 0 unspecified atom stereocenters. The predicted molar refractivity (Wildman–Crippen MR) is 95.1 cm³/mol. The second kappa shape index (κ2) is 5.62. The van der Waals surface area contributed by atoms with Gasteiger partial charge in [-0.05, 0) is 75.0 Å². The molecule has 24 heavy (non-hydrogen) atoms. The van der Waals surface area contributed by atoms with Gasteiger partial charge in [0.05, 0.1) is 17.1 Å². The van der Waals surface area contributed by atoms with Crippen LogP contribution in [-0.2, 0) is 4.79 Å². The van der Waals surface area contributed by atoms with Crippen molar-refractivity contribution in [1.82, 2.24) is 5.32 Å². The summed E-state index contributed by atoms with van der Waals surface area (Å²) in [6.45, 7) is 1.95. The Balaban J connectivity index is 1.54. The van der Waals surface area contributed by atoms with Crippen LogP contribution in [0.5, 0.6) is 0 Å². The first kappa shape index (κ1) is 16.7. The van der Waals surface area contributed by atoms with Crippen LogP contribution in [0.25, 0.3) is 0 Å². The molecule has 4 saturated carbocycles. The average molecular weight is 368 g/mol. The highest BCUT2D eigenvalue weighted by molar-refractivity contribution is 6.35. The first-order valence-electron chi connectivity index (χ1n) is 8.77. The van der Waals surface area contributed by atoms with E-state index in [4.69, 9.17) is 23.2 Å². The molecule has 1 amide bonds. The molecule has 1 aromatic rings. The number of nitrogens with one attached hydrogen (secondary N) is 1. The van der Waals surface area contributed by atoms with Gasteiger partial charge in [-0.2, -0.15) is 0 Å². The highest BCUT2D eigenvalue weighted by Crippen LogP contribution is 2.61. The molecule has 5 rings (SSSR count). The van der Waals surface area contributed by atoms with Crippen LogP contribution in [0, 0.1) is 17.3 Å². The van der Waals surface area contributed by atoms with Crippen LogP contribution in [0.4, 0.5) is 0 Å². The molecule has 4 fully saturated rings. The second-order valence-electron chi connectivity index (χ2n) is 8.33. The quantitative estimate of drug-likeness (QED) is 0.825. The van der Waals surface area contributed by atoms with Crippen LogP contribution in [0.15, 0.2) is 18.2 Å². The summed E-state index contributed by atoms with van der Waals surface area (Å²) in [6.07, 6.45) is 5.36. The molecule has 1 aromatic carbocycles. The van der Waals surface area contributed by atoms with E-state index >= 15 is 0 Å². The molecule has 0 saturated heterocycles. The van der Waals surface area contributed by atoms with Gasteiger partial charge in [0.2, 0.25) is 5.91 Å². The maximum absolute atomic E-state index is 13.1. The average Bonchev–Trinajstić information content (AvgIpc) is 2.44. The van der Waals surface area contributed by atoms with Crippen LogP contribution in [-0.4, -0.2) is 16.6 Å². The lowest BCUT2D eigenvalue weighted by Crippen LogP contribution is -2.60. The Morgan fingerprint density at radius 1 is 1.25 bits per heavy atom. The van der Waals surface area contributed by atoms with E-state index < -0.39 is 11.0 Å². The van der Waals surface area contributed by atoms with Crippen molar-refractivity contribution in [2.24, 2.45) is 17.3 Å². The standard InChI is InChI=1S/C19H23Cl2NO2/c1-11(15-3-2-14(20)5-16(15)21)22-17(23)18-6-12-4-13(7-18)9-19(24,8-12)10-18/h2-3,5,11-13,24H,4,6-10H2,1H3,(H,22,23)/t11-,12+,13+,18?,19?/m0/s1. The molecular weight excluding hydrogens is 345 g/mol. The summed E-state index contributed by atoms with van der Waals surface area (Å²) in [5.41, 5.74) is -0.146. The van der Waals surface area contributed by atoms with Gasteiger partial charge in [0.15, 0.2) is 0 Å². The summed E-state index contributed by atoms with van der Waals surface area (Å²) in [5, 5.41) is 15.1. The minimum absolute atomic E-state index is 0.0774. The summed E-state index contributed by atoms with van der Waals surface area (Å²) in [6, 6.07) is 5.18. The largest absolute Gasteiger partial charge is 0.390 e. The third-order valence-electron chi connectivity index (χ3n) is 6.29. The van der Waals surface area contributed by atoms with Crippen LogP contribution in [0.3, 0.4) is 0 Å². The van der Waals surface area contributed by atoms with Crippen LogP contribution in [0.1, 0.15) is 57.1 Å². The van der Waals surface area contributed by atoms with Crippen molar-refractivity contribution in [3.05, 3.63) is 33.8 Å². The molecule has 5 heteroatoms. The predicted octanol–water partition coefficient (Wildman–Crippen LogP) is 4.50. The number of hydrogen-bond acceptors (Lipinski definition) is 2. The van der Waals surface area contributed by atoms with Gasteiger partial charge in [0.1, 0.15) is 0 Å². The fraction of sp³-hybridized carbons (Fsp3) is 0.632. The van der Waals surface area contributed by atoms with Gasteiger partial charge in [-0.25, -0.2) is 0 Å². The van der Waals surface area contributed by atoms with Crippen molar-refractivity contribution in [3.63, 3.8) is 0 Å². The van der Waals surface area contributed by atoms with Crippen molar-refractivity contribution < 1.29 is 9.90 Å². The van der Waals surface area contributed by atoms with Gasteiger partial charge in [0.25, 0.3) is 0 Å². The molecule has 0 radical (unpaired) electrons. The molecule has 130 valence electrons. The van der Waals surface area contributed by atoms with Crippen molar-refractivity contribution in [2.45, 2.75) is 57.1 Å². The zero-order valence-corrected chi connectivity index (χ0v) is 15.3. The van der Waals surface area contributed by atoms with Crippen molar-refractivity contribution in [2.75, 3.05) is 0 Å². The lowest BCUT2D eigenvalue weighted by Gasteiger charge is -2.59. The van der Waals surface area contributed by atoms with Crippen LogP contribution < -0.4 is 5.32 Å². The lowest BCUT2D eigenvalue weighted by atomic mass is 9.47. The summed E-state index contributed by atoms with van der Waals surface area (Å²) in [7, 11) is 0. The molecule has 3 nitrogen and oxygen atoms in total.